The van der Waals surface area contributed by atoms with Gasteiger partial charge >= 0.3 is 0 Å². The van der Waals surface area contributed by atoms with Crippen LogP contribution in [-0.4, -0.2) is 15.4 Å². The third-order valence-electron chi connectivity index (χ3n) is 2.62. The maximum atomic E-state index is 6.39. The molecule has 0 saturated carbocycles. The van der Waals surface area contributed by atoms with E-state index in [1.807, 2.05) is 31.2 Å². The Morgan fingerprint density at radius 1 is 1.38 bits per heavy atom. The van der Waals surface area contributed by atoms with Gasteiger partial charge in [0.15, 0.2) is 0 Å². The first-order chi connectivity index (χ1) is 7.59. The number of hydrogen-bond donors (Lipinski definition) is 0. The van der Waals surface area contributed by atoms with E-state index in [0.717, 1.165) is 11.1 Å². The van der Waals surface area contributed by atoms with E-state index >= 15 is 0 Å². The van der Waals surface area contributed by atoms with Gasteiger partial charge in [0.2, 0.25) is 10.5 Å². The van der Waals surface area contributed by atoms with Crippen LogP contribution in [0.2, 0.25) is 0 Å². The van der Waals surface area contributed by atoms with Gasteiger partial charge in [-0.2, -0.15) is 0 Å². The maximum Gasteiger partial charge on any atom is 0.247 e. The van der Waals surface area contributed by atoms with Gasteiger partial charge in [-0.05, 0) is 18.1 Å². The first-order valence-electron chi connectivity index (χ1n) is 4.93. The van der Waals surface area contributed by atoms with Crippen molar-refractivity contribution in [2.75, 3.05) is 0 Å². The van der Waals surface area contributed by atoms with Gasteiger partial charge in [0.1, 0.15) is 4.87 Å². The van der Waals surface area contributed by atoms with Crippen LogP contribution in [0.5, 0.6) is 0 Å². The van der Waals surface area contributed by atoms with E-state index in [2.05, 4.69) is 23.6 Å². The molecule has 0 spiro atoms. The van der Waals surface area contributed by atoms with Gasteiger partial charge in [-0.15, -0.1) is 24.8 Å². The lowest BCUT2D eigenvalue weighted by Crippen LogP contribution is -2.27. The van der Waals surface area contributed by atoms with Gasteiger partial charge in [-0.3, -0.25) is 0 Å². The zero-order valence-electron chi connectivity index (χ0n) is 9.24. The van der Waals surface area contributed by atoms with Crippen molar-refractivity contribution in [3.8, 4) is 0 Å². The molecule has 0 aliphatic heterocycles. The van der Waals surface area contributed by atoms with Gasteiger partial charge < -0.3 is 4.43 Å². The molecular weight excluding hydrogens is 236 g/mol. The summed E-state index contributed by atoms with van der Waals surface area (Å²) in [5, 5.41) is 0. The minimum Gasteiger partial charge on any atom is -0.409 e. The molecule has 0 N–H and O–H groups in total. The van der Waals surface area contributed by atoms with Gasteiger partial charge in [0.05, 0.1) is 6.10 Å². The fourth-order valence-electron chi connectivity index (χ4n) is 1.57. The second kappa shape index (κ2) is 5.48. The quantitative estimate of drug-likeness (QED) is 0.441. The predicted octanol–water partition coefficient (Wildman–Crippen LogP) is 3.49. The molecule has 0 bridgehead atoms. The summed E-state index contributed by atoms with van der Waals surface area (Å²) in [5.74, 6) is 0. The normalized spacial score (nSPS) is 13.2. The van der Waals surface area contributed by atoms with Gasteiger partial charge in [-0.1, -0.05) is 36.4 Å². The van der Waals surface area contributed by atoms with Crippen LogP contribution in [0, 0.1) is 6.92 Å². The molecule has 3 radical (unpaired) electrons. The Hall–Kier alpha value is -0.833. The zero-order valence-corrected chi connectivity index (χ0v) is 11.0. The summed E-state index contributed by atoms with van der Waals surface area (Å²) in [6.45, 7) is 9.46. The SMILES string of the molecule is C=CC(Cl)(C=C)C(O[Si])c1ccccc1C. The number of hydrogen-bond acceptors (Lipinski definition) is 1. The van der Waals surface area contributed by atoms with Crippen molar-refractivity contribution in [1.82, 2.24) is 0 Å². The summed E-state index contributed by atoms with van der Waals surface area (Å²) < 4.78 is 5.30. The van der Waals surface area contributed by atoms with Crippen LogP contribution in [0.15, 0.2) is 49.6 Å². The highest BCUT2D eigenvalue weighted by Gasteiger charge is 2.32. The monoisotopic (exact) mass is 249 g/mol. The van der Waals surface area contributed by atoms with Crippen molar-refractivity contribution < 1.29 is 4.43 Å². The molecule has 0 fully saturated rings. The Bertz CT molecular complexity index is 381. The van der Waals surface area contributed by atoms with Crippen LogP contribution >= 0.6 is 11.6 Å². The molecule has 3 heteroatoms. The molecule has 0 aromatic heterocycles. The van der Waals surface area contributed by atoms with Crippen molar-refractivity contribution in [3.05, 3.63) is 60.7 Å². The summed E-state index contributed by atoms with van der Waals surface area (Å²) in [6.07, 6.45) is 2.89. The molecule has 1 unspecified atom stereocenters. The molecule has 0 heterocycles. The average molecular weight is 250 g/mol. The van der Waals surface area contributed by atoms with Crippen molar-refractivity contribution in [3.63, 3.8) is 0 Å². The van der Waals surface area contributed by atoms with E-state index in [9.17, 15) is 0 Å². The zero-order chi connectivity index (χ0) is 12.2. The van der Waals surface area contributed by atoms with Crippen molar-refractivity contribution in [2.24, 2.45) is 0 Å². The Kier molecular flexibility index (Phi) is 4.53. The largest absolute Gasteiger partial charge is 0.409 e. The molecule has 0 saturated heterocycles. The third-order valence-corrected chi connectivity index (χ3v) is 3.36. The van der Waals surface area contributed by atoms with E-state index in [-0.39, 0.29) is 6.10 Å². The smallest absolute Gasteiger partial charge is 0.247 e. The Morgan fingerprint density at radius 2 is 1.94 bits per heavy atom. The molecule has 1 atom stereocenters. The molecule has 0 aliphatic rings. The lowest BCUT2D eigenvalue weighted by Gasteiger charge is -2.30. The van der Waals surface area contributed by atoms with E-state index in [0.29, 0.717) is 0 Å². The summed E-state index contributed by atoms with van der Waals surface area (Å²) in [5.41, 5.74) is 2.12. The molecule has 1 rings (SSSR count). The predicted molar refractivity (Wildman–Crippen MR) is 69.7 cm³/mol. The second-order valence-electron chi connectivity index (χ2n) is 3.59. The molecule has 1 nitrogen and oxygen atoms in total. The topological polar surface area (TPSA) is 9.23 Å². The van der Waals surface area contributed by atoms with E-state index in [1.54, 1.807) is 12.2 Å². The number of alkyl halides is 1. The highest BCUT2D eigenvalue weighted by Crippen LogP contribution is 2.37. The number of rotatable bonds is 5. The van der Waals surface area contributed by atoms with Crippen molar-refractivity contribution >= 4 is 22.1 Å². The minimum atomic E-state index is -0.826. The first-order valence-corrected chi connectivity index (χ1v) is 5.71. The summed E-state index contributed by atoms with van der Waals surface area (Å²) in [7, 11) is 3.08. The molecule has 0 amide bonds. The van der Waals surface area contributed by atoms with Crippen LogP contribution in [0.3, 0.4) is 0 Å². The highest BCUT2D eigenvalue weighted by molar-refractivity contribution is 6.27. The highest BCUT2D eigenvalue weighted by atomic mass is 35.5. The number of aryl methyl sites for hydroxylation is 1. The van der Waals surface area contributed by atoms with Crippen LogP contribution in [0.4, 0.5) is 0 Å². The average Bonchev–Trinajstić information content (AvgIpc) is 2.32. The van der Waals surface area contributed by atoms with E-state index < -0.39 is 4.87 Å². The standard InChI is InChI=1S/C13H14ClOSi/c1-4-13(14,5-2)12(15-16)11-9-7-6-8-10(11)3/h4-9,12H,1-2H2,3H3. The lowest BCUT2D eigenvalue weighted by molar-refractivity contribution is 0.209. The Labute approximate surface area is 105 Å². The van der Waals surface area contributed by atoms with Crippen LogP contribution in [0.1, 0.15) is 17.2 Å². The lowest BCUT2D eigenvalue weighted by atomic mass is 9.92. The van der Waals surface area contributed by atoms with Gasteiger partial charge in [0.25, 0.3) is 0 Å². The molecular formula is C13H14ClOSi. The molecule has 0 aliphatic carbocycles. The van der Waals surface area contributed by atoms with Gasteiger partial charge in [0, 0.05) is 0 Å². The number of benzene rings is 1. The molecule has 83 valence electrons. The summed E-state index contributed by atoms with van der Waals surface area (Å²) in [4.78, 5) is -0.826. The number of halogens is 1. The third kappa shape index (κ3) is 2.46. The van der Waals surface area contributed by atoms with Crippen molar-refractivity contribution in [2.45, 2.75) is 17.9 Å². The Morgan fingerprint density at radius 3 is 2.38 bits per heavy atom. The van der Waals surface area contributed by atoms with Crippen molar-refractivity contribution in [1.29, 1.82) is 0 Å². The summed E-state index contributed by atoms with van der Waals surface area (Å²) >= 11 is 6.39. The summed E-state index contributed by atoms with van der Waals surface area (Å²) in [6, 6.07) is 7.91. The maximum absolute atomic E-state index is 6.39. The van der Waals surface area contributed by atoms with Gasteiger partial charge in [-0.25, -0.2) is 0 Å². The second-order valence-corrected chi connectivity index (χ2v) is 4.48. The first kappa shape index (κ1) is 13.2. The minimum absolute atomic E-state index is 0.359. The fraction of sp³-hybridized carbons (Fsp3) is 0.231. The molecule has 1 aromatic carbocycles. The molecule has 16 heavy (non-hydrogen) atoms. The van der Waals surface area contributed by atoms with E-state index in [1.165, 1.54) is 0 Å². The fourth-order valence-corrected chi connectivity index (χ4v) is 2.13. The van der Waals surface area contributed by atoms with E-state index in [4.69, 9.17) is 16.0 Å². The van der Waals surface area contributed by atoms with Crippen LogP contribution in [0.25, 0.3) is 0 Å². The van der Waals surface area contributed by atoms with Crippen LogP contribution in [-0.2, 0) is 4.43 Å². The van der Waals surface area contributed by atoms with Crippen LogP contribution < -0.4 is 0 Å². The molecule has 1 aromatic rings. The Balaban J connectivity index is 3.22.